The van der Waals surface area contributed by atoms with Crippen LogP contribution in [-0.2, 0) is 6.54 Å². The maximum absolute atomic E-state index is 5.55. The van der Waals surface area contributed by atoms with Crippen LogP contribution in [0.25, 0.3) is 5.57 Å². The molecule has 3 heteroatoms. The maximum Gasteiger partial charge on any atom is 0.0178 e. The Morgan fingerprint density at radius 2 is 1.93 bits per heavy atom. The molecule has 0 aromatic heterocycles. The minimum absolute atomic E-state index is 0. The van der Waals surface area contributed by atoms with E-state index in [1.807, 2.05) is 0 Å². The molecule has 0 bridgehead atoms. The van der Waals surface area contributed by atoms with Crippen molar-refractivity contribution in [3.05, 3.63) is 41.5 Å². The molecule has 0 saturated carbocycles. The molecule has 0 unspecified atom stereocenters. The molecule has 15 heavy (non-hydrogen) atoms. The van der Waals surface area contributed by atoms with Crippen LogP contribution >= 0.6 is 12.4 Å². The number of rotatable bonds is 2. The number of hydrogen-bond acceptors (Lipinski definition) is 2. The number of halogens is 1. The summed E-state index contributed by atoms with van der Waals surface area (Å²) in [4.78, 5) is 0. The van der Waals surface area contributed by atoms with Crippen molar-refractivity contribution >= 4 is 18.0 Å². The van der Waals surface area contributed by atoms with Gasteiger partial charge in [0.25, 0.3) is 0 Å². The van der Waals surface area contributed by atoms with E-state index in [4.69, 9.17) is 5.73 Å². The van der Waals surface area contributed by atoms with Gasteiger partial charge in [0.05, 0.1) is 0 Å². The van der Waals surface area contributed by atoms with Gasteiger partial charge in [-0.3, -0.25) is 0 Å². The van der Waals surface area contributed by atoms with Crippen molar-refractivity contribution in [3.8, 4) is 0 Å². The Morgan fingerprint density at radius 3 is 2.47 bits per heavy atom. The van der Waals surface area contributed by atoms with Crippen LogP contribution in [0.1, 0.15) is 17.5 Å². The topological polar surface area (TPSA) is 38.0 Å². The van der Waals surface area contributed by atoms with Crippen molar-refractivity contribution < 1.29 is 0 Å². The predicted octanol–water partition coefficient (Wildman–Crippen LogP) is 1.94. The highest BCUT2D eigenvalue weighted by Gasteiger charge is 2.04. The SMILES string of the molecule is Cl.NCc1ccc(C2=CCNCC2)cc1. The summed E-state index contributed by atoms with van der Waals surface area (Å²) in [6.07, 6.45) is 3.39. The molecular weight excluding hydrogens is 208 g/mol. The molecule has 2 nitrogen and oxygen atoms in total. The van der Waals surface area contributed by atoms with Crippen molar-refractivity contribution in [2.24, 2.45) is 5.73 Å². The third-order valence-corrected chi connectivity index (χ3v) is 2.62. The Labute approximate surface area is 97.0 Å². The molecule has 0 aliphatic carbocycles. The van der Waals surface area contributed by atoms with Gasteiger partial charge in [-0.1, -0.05) is 30.3 Å². The number of nitrogens with one attached hydrogen (secondary N) is 1. The summed E-state index contributed by atoms with van der Waals surface area (Å²) in [5.74, 6) is 0. The number of benzene rings is 1. The first kappa shape index (κ1) is 12.2. The standard InChI is InChI=1S/C12H16N2.ClH/c13-9-10-1-3-11(4-2-10)12-5-7-14-8-6-12;/h1-5,14H,6-9,13H2;1H. The average molecular weight is 225 g/mol. The van der Waals surface area contributed by atoms with Gasteiger partial charge in [-0.25, -0.2) is 0 Å². The molecule has 1 heterocycles. The molecule has 0 amide bonds. The van der Waals surface area contributed by atoms with Crippen LogP contribution < -0.4 is 11.1 Å². The second-order valence-corrected chi connectivity index (χ2v) is 3.58. The van der Waals surface area contributed by atoms with E-state index in [9.17, 15) is 0 Å². The van der Waals surface area contributed by atoms with Crippen LogP contribution in [-0.4, -0.2) is 13.1 Å². The quantitative estimate of drug-likeness (QED) is 0.806. The number of nitrogens with two attached hydrogens (primary N) is 1. The van der Waals surface area contributed by atoms with Gasteiger partial charge in [0.1, 0.15) is 0 Å². The Morgan fingerprint density at radius 1 is 1.20 bits per heavy atom. The van der Waals surface area contributed by atoms with Crippen molar-refractivity contribution in [2.45, 2.75) is 13.0 Å². The molecule has 0 atom stereocenters. The highest BCUT2D eigenvalue weighted by molar-refractivity contribution is 5.85. The van der Waals surface area contributed by atoms with E-state index in [0.717, 1.165) is 19.5 Å². The zero-order chi connectivity index (χ0) is 9.80. The highest BCUT2D eigenvalue weighted by Crippen LogP contribution is 2.19. The summed E-state index contributed by atoms with van der Waals surface area (Å²) < 4.78 is 0. The molecule has 0 fully saturated rings. The van der Waals surface area contributed by atoms with Crippen LogP contribution in [0.3, 0.4) is 0 Å². The lowest BCUT2D eigenvalue weighted by molar-refractivity contribution is 0.738. The highest BCUT2D eigenvalue weighted by atomic mass is 35.5. The normalized spacial score (nSPS) is 15.4. The molecule has 2 rings (SSSR count). The van der Waals surface area contributed by atoms with E-state index < -0.39 is 0 Å². The second kappa shape index (κ2) is 5.91. The van der Waals surface area contributed by atoms with E-state index >= 15 is 0 Å². The second-order valence-electron chi connectivity index (χ2n) is 3.58. The first-order chi connectivity index (χ1) is 6.90. The van der Waals surface area contributed by atoms with E-state index in [-0.39, 0.29) is 12.4 Å². The summed E-state index contributed by atoms with van der Waals surface area (Å²) in [5.41, 5.74) is 9.54. The molecule has 0 saturated heterocycles. The van der Waals surface area contributed by atoms with E-state index in [1.165, 1.54) is 16.7 Å². The lowest BCUT2D eigenvalue weighted by atomic mass is 9.99. The van der Waals surface area contributed by atoms with Crippen LogP contribution in [0.5, 0.6) is 0 Å². The first-order valence-corrected chi connectivity index (χ1v) is 5.09. The fraction of sp³-hybridized carbons (Fsp3) is 0.333. The number of hydrogen-bond donors (Lipinski definition) is 2. The minimum atomic E-state index is 0. The smallest absolute Gasteiger partial charge is 0.0178 e. The Kier molecular flexibility index (Phi) is 4.82. The van der Waals surface area contributed by atoms with Crippen molar-refractivity contribution in [3.63, 3.8) is 0 Å². The van der Waals surface area contributed by atoms with Crippen LogP contribution in [0.4, 0.5) is 0 Å². The van der Waals surface area contributed by atoms with Gasteiger partial charge in [0.2, 0.25) is 0 Å². The van der Waals surface area contributed by atoms with E-state index in [0.29, 0.717) is 6.54 Å². The summed E-state index contributed by atoms with van der Waals surface area (Å²) in [5, 5.41) is 3.31. The predicted molar refractivity (Wildman–Crippen MR) is 67.0 cm³/mol. The van der Waals surface area contributed by atoms with Gasteiger partial charge in [-0.05, 0) is 29.7 Å². The lowest BCUT2D eigenvalue weighted by Crippen LogP contribution is -2.19. The van der Waals surface area contributed by atoms with Gasteiger partial charge in [-0.2, -0.15) is 0 Å². The monoisotopic (exact) mass is 224 g/mol. The van der Waals surface area contributed by atoms with E-state index in [1.54, 1.807) is 0 Å². The van der Waals surface area contributed by atoms with Crippen LogP contribution in [0.15, 0.2) is 30.3 Å². The summed E-state index contributed by atoms with van der Waals surface area (Å²) in [6, 6.07) is 8.55. The van der Waals surface area contributed by atoms with Crippen molar-refractivity contribution in [1.29, 1.82) is 0 Å². The Hall–Kier alpha value is -0.830. The lowest BCUT2D eigenvalue weighted by Gasteiger charge is -2.14. The van der Waals surface area contributed by atoms with Crippen molar-refractivity contribution in [1.82, 2.24) is 5.32 Å². The molecule has 1 aromatic rings. The third kappa shape index (κ3) is 3.06. The largest absolute Gasteiger partial charge is 0.326 e. The zero-order valence-corrected chi connectivity index (χ0v) is 9.52. The molecular formula is C12H17ClN2. The van der Waals surface area contributed by atoms with Gasteiger partial charge in [0.15, 0.2) is 0 Å². The molecule has 82 valence electrons. The van der Waals surface area contributed by atoms with Crippen molar-refractivity contribution in [2.75, 3.05) is 13.1 Å². The van der Waals surface area contributed by atoms with Crippen LogP contribution in [0, 0.1) is 0 Å². The van der Waals surface area contributed by atoms with Gasteiger partial charge >= 0.3 is 0 Å². The summed E-state index contributed by atoms with van der Waals surface area (Å²) >= 11 is 0. The summed E-state index contributed by atoms with van der Waals surface area (Å²) in [6.45, 7) is 2.71. The van der Waals surface area contributed by atoms with Crippen LogP contribution in [0.2, 0.25) is 0 Å². The molecule has 1 aliphatic heterocycles. The first-order valence-electron chi connectivity index (χ1n) is 5.09. The Balaban J connectivity index is 0.00000112. The maximum atomic E-state index is 5.55. The minimum Gasteiger partial charge on any atom is -0.326 e. The average Bonchev–Trinajstić information content (AvgIpc) is 2.30. The van der Waals surface area contributed by atoms with Gasteiger partial charge in [0, 0.05) is 13.1 Å². The molecule has 3 N–H and O–H groups in total. The fourth-order valence-electron chi connectivity index (χ4n) is 1.74. The van der Waals surface area contributed by atoms with Gasteiger partial charge < -0.3 is 11.1 Å². The summed E-state index contributed by atoms with van der Waals surface area (Å²) in [7, 11) is 0. The molecule has 0 spiro atoms. The fourth-order valence-corrected chi connectivity index (χ4v) is 1.74. The Bertz CT molecular complexity index is 330. The van der Waals surface area contributed by atoms with E-state index in [2.05, 4.69) is 35.7 Å². The third-order valence-electron chi connectivity index (χ3n) is 2.62. The molecule has 1 aliphatic rings. The molecule has 1 aromatic carbocycles. The molecule has 0 radical (unpaired) electrons. The zero-order valence-electron chi connectivity index (χ0n) is 8.70. The van der Waals surface area contributed by atoms with Gasteiger partial charge in [-0.15, -0.1) is 12.4 Å².